The molecule has 1 aromatic carbocycles. The Morgan fingerprint density at radius 1 is 1.18 bits per heavy atom. The van der Waals surface area contributed by atoms with E-state index in [9.17, 15) is 9.36 Å². The summed E-state index contributed by atoms with van der Waals surface area (Å²) in [6.45, 7) is 17.0. The Morgan fingerprint density at radius 2 is 1.79 bits per heavy atom. The molecule has 0 amide bonds. The summed E-state index contributed by atoms with van der Waals surface area (Å²) in [7, 11) is -4.04. The highest BCUT2D eigenvalue weighted by Crippen LogP contribution is 2.53. The molecule has 1 aromatic rings. The van der Waals surface area contributed by atoms with E-state index < -0.39 is 15.9 Å². The van der Waals surface area contributed by atoms with Crippen molar-refractivity contribution in [3.63, 3.8) is 0 Å². The normalized spacial score (nSPS) is 14.3. The maximum atomic E-state index is 12.9. The molecular weight excluding hydrogens is 395 g/mol. The minimum atomic E-state index is -3.57. The second-order valence-electron chi connectivity index (χ2n) is 8.30. The summed E-state index contributed by atoms with van der Waals surface area (Å²) in [5.41, 5.74) is 2.55. The SMILES string of the molecule is CCOP(=O)(Cc1cc(C)c(O[Si](C)(C)C(C)(C)C)c(OC)c1CC)OC=O. The quantitative estimate of drug-likeness (QED) is 0.263. The van der Waals surface area contributed by atoms with Gasteiger partial charge in [-0.3, -0.25) is 9.32 Å². The molecular formula is C20H35O6PSi. The number of methoxy groups -OCH3 is 1. The third-order valence-electron chi connectivity index (χ3n) is 5.23. The van der Waals surface area contributed by atoms with Crippen LogP contribution in [0.4, 0.5) is 0 Å². The monoisotopic (exact) mass is 430 g/mol. The molecule has 1 atom stereocenters. The van der Waals surface area contributed by atoms with Crippen LogP contribution in [0.5, 0.6) is 11.5 Å². The van der Waals surface area contributed by atoms with Crippen LogP contribution in [-0.4, -0.2) is 28.5 Å². The number of hydrogen-bond donors (Lipinski definition) is 0. The minimum absolute atomic E-state index is 0.000323. The summed E-state index contributed by atoms with van der Waals surface area (Å²) in [4.78, 5) is 10.8. The number of rotatable bonds is 10. The molecule has 0 heterocycles. The third-order valence-corrected chi connectivity index (χ3v) is 11.3. The van der Waals surface area contributed by atoms with E-state index in [0.29, 0.717) is 12.2 Å². The lowest BCUT2D eigenvalue weighted by atomic mass is 10.0. The van der Waals surface area contributed by atoms with Gasteiger partial charge in [0.05, 0.1) is 19.9 Å². The molecule has 0 radical (unpaired) electrons. The van der Waals surface area contributed by atoms with Crippen LogP contribution < -0.4 is 9.16 Å². The van der Waals surface area contributed by atoms with Crippen molar-refractivity contribution in [1.82, 2.24) is 0 Å². The molecule has 0 saturated heterocycles. The molecule has 0 aliphatic rings. The van der Waals surface area contributed by atoms with Gasteiger partial charge in [-0.15, -0.1) is 0 Å². The van der Waals surface area contributed by atoms with Gasteiger partial charge >= 0.3 is 7.60 Å². The van der Waals surface area contributed by atoms with E-state index in [1.54, 1.807) is 14.0 Å². The number of ether oxygens (including phenoxy) is 1. The molecule has 0 aliphatic carbocycles. The van der Waals surface area contributed by atoms with Crippen molar-refractivity contribution in [3.8, 4) is 11.5 Å². The smallest absolute Gasteiger partial charge is 0.385 e. The summed E-state index contributed by atoms with van der Waals surface area (Å²) in [5.74, 6) is 1.38. The molecule has 160 valence electrons. The molecule has 0 fully saturated rings. The van der Waals surface area contributed by atoms with Crippen LogP contribution in [0.1, 0.15) is 51.3 Å². The predicted octanol–water partition coefficient (Wildman–Crippen LogP) is 5.85. The van der Waals surface area contributed by atoms with Crippen LogP contribution in [0.3, 0.4) is 0 Å². The van der Waals surface area contributed by atoms with E-state index in [1.807, 2.05) is 19.9 Å². The van der Waals surface area contributed by atoms with Gasteiger partial charge in [-0.2, -0.15) is 0 Å². The van der Waals surface area contributed by atoms with Crippen LogP contribution in [0, 0.1) is 6.92 Å². The lowest BCUT2D eigenvalue weighted by molar-refractivity contribution is -0.121. The van der Waals surface area contributed by atoms with Crippen molar-refractivity contribution in [2.45, 2.75) is 72.3 Å². The van der Waals surface area contributed by atoms with E-state index >= 15 is 0 Å². The molecule has 0 saturated carbocycles. The standard InChI is InChI=1S/C20H35O6PSi/c1-10-17-16(13-27(22,24-11-2)25-14-21)12-15(3)18(19(17)23-7)26-28(8,9)20(4,5)6/h12,14H,10-11,13H2,1-9H3. The molecule has 8 heteroatoms. The zero-order chi connectivity index (χ0) is 21.8. The second-order valence-corrected chi connectivity index (χ2v) is 15.0. The Labute approximate surface area is 170 Å². The van der Waals surface area contributed by atoms with Gasteiger partial charge in [-0.25, -0.2) is 4.57 Å². The fourth-order valence-electron chi connectivity index (χ4n) is 2.74. The molecule has 0 aromatic heterocycles. The number of aryl methyl sites for hydroxylation is 1. The first-order valence-electron chi connectivity index (χ1n) is 9.59. The Balaban J connectivity index is 3.51. The maximum Gasteiger partial charge on any atom is 0.385 e. The van der Waals surface area contributed by atoms with Crippen LogP contribution in [0.2, 0.25) is 18.1 Å². The van der Waals surface area contributed by atoms with Gasteiger partial charge in [0.15, 0.2) is 5.75 Å². The van der Waals surface area contributed by atoms with Crippen LogP contribution >= 0.6 is 7.60 Å². The van der Waals surface area contributed by atoms with E-state index in [4.69, 9.17) is 18.2 Å². The van der Waals surface area contributed by atoms with Gasteiger partial charge in [0.25, 0.3) is 14.8 Å². The third kappa shape index (κ3) is 5.62. The summed E-state index contributed by atoms with van der Waals surface area (Å²) < 4.78 is 35.3. The fourth-order valence-corrected chi connectivity index (χ4v) is 5.26. The lowest BCUT2D eigenvalue weighted by Gasteiger charge is -2.37. The summed E-state index contributed by atoms with van der Waals surface area (Å²) in [6.07, 6.45) is 0.653. The topological polar surface area (TPSA) is 71.1 Å². The van der Waals surface area contributed by atoms with Gasteiger partial charge in [-0.05, 0) is 49.5 Å². The first-order valence-corrected chi connectivity index (χ1v) is 14.2. The Hall–Kier alpha value is -1.30. The maximum absolute atomic E-state index is 12.9. The highest BCUT2D eigenvalue weighted by Gasteiger charge is 2.40. The van der Waals surface area contributed by atoms with Crippen molar-refractivity contribution in [3.05, 3.63) is 22.8 Å². The average molecular weight is 431 g/mol. The molecule has 0 spiro atoms. The van der Waals surface area contributed by atoms with Crippen LogP contribution in [-0.2, 0) is 31.0 Å². The summed E-state index contributed by atoms with van der Waals surface area (Å²) in [6, 6.07) is 1.93. The largest absolute Gasteiger partial charge is 0.541 e. The van der Waals surface area contributed by atoms with Crippen molar-refractivity contribution >= 4 is 22.4 Å². The number of carbonyl (C=O) groups excluding carboxylic acids is 1. The van der Waals surface area contributed by atoms with Crippen LogP contribution in [0.25, 0.3) is 0 Å². The molecule has 6 nitrogen and oxygen atoms in total. The molecule has 0 bridgehead atoms. The van der Waals surface area contributed by atoms with Gasteiger partial charge in [-0.1, -0.05) is 33.8 Å². The van der Waals surface area contributed by atoms with Gasteiger partial charge < -0.3 is 13.7 Å². The van der Waals surface area contributed by atoms with Crippen LogP contribution in [0.15, 0.2) is 6.07 Å². The first-order chi connectivity index (χ1) is 12.9. The predicted molar refractivity (Wildman–Crippen MR) is 115 cm³/mol. The van der Waals surface area contributed by atoms with Crippen molar-refractivity contribution in [2.75, 3.05) is 13.7 Å². The molecule has 28 heavy (non-hydrogen) atoms. The summed E-state index contributed by atoms with van der Waals surface area (Å²) >= 11 is 0. The Kier molecular flexibility index (Phi) is 8.36. The van der Waals surface area contributed by atoms with E-state index in [-0.39, 0.29) is 24.3 Å². The van der Waals surface area contributed by atoms with E-state index in [2.05, 4.69) is 33.9 Å². The molecule has 0 aliphatic heterocycles. The zero-order valence-corrected chi connectivity index (χ0v) is 20.6. The minimum Gasteiger partial charge on any atom is -0.541 e. The summed E-state index contributed by atoms with van der Waals surface area (Å²) in [5, 5.41) is 0.0397. The fraction of sp³-hybridized carbons (Fsp3) is 0.650. The Morgan fingerprint density at radius 3 is 2.21 bits per heavy atom. The zero-order valence-electron chi connectivity index (χ0n) is 18.7. The van der Waals surface area contributed by atoms with Gasteiger partial charge in [0.2, 0.25) is 0 Å². The van der Waals surface area contributed by atoms with Crippen molar-refractivity contribution in [1.29, 1.82) is 0 Å². The van der Waals surface area contributed by atoms with Gasteiger partial charge in [0, 0.05) is 5.56 Å². The Bertz CT molecular complexity index is 739. The van der Waals surface area contributed by atoms with Crippen molar-refractivity contribution < 1.29 is 27.6 Å². The van der Waals surface area contributed by atoms with E-state index in [1.165, 1.54) is 0 Å². The molecule has 1 rings (SSSR count). The number of carbonyl (C=O) groups is 1. The number of hydrogen-bond acceptors (Lipinski definition) is 6. The molecule has 0 N–H and O–H groups in total. The number of benzene rings is 1. The lowest BCUT2D eigenvalue weighted by Crippen LogP contribution is -2.44. The molecule has 1 unspecified atom stereocenters. The van der Waals surface area contributed by atoms with E-state index in [0.717, 1.165) is 22.4 Å². The van der Waals surface area contributed by atoms with Crippen molar-refractivity contribution in [2.24, 2.45) is 0 Å². The highest BCUT2D eigenvalue weighted by molar-refractivity contribution is 7.53. The second kappa shape index (κ2) is 9.46. The average Bonchev–Trinajstić information content (AvgIpc) is 2.55. The highest BCUT2D eigenvalue weighted by atomic mass is 31.2. The first kappa shape index (κ1) is 24.7. The van der Waals surface area contributed by atoms with Gasteiger partial charge in [0.1, 0.15) is 5.75 Å².